The molecular weight excluding hydrogens is 387 g/mol. The van der Waals surface area contributed by atoms with Crippen molar-refractivity contribution in [1.82, 2.24) is 15.6 Å². The van der Waals surface area contributed by atoms with Gasteiger partial charge in [-0.25, -0.2) is 4.98 Å². The molecule has 2 N–H and O–H groups in total. The lowest BCUT2D eigenvalue weighted by molar-refractivity contribution is -0.140. The van der Waals surface area contributed by atoms with E-state index in [2.05, 4.69) is 50.8 Å². The standard InChI is InChI=1S/C19H24F3N5S/c1-23-18(24-8-7-17-26-16(12-28-17)19(20,21)22)25-11-13-5-6-15-14(10-13)4-3-9-27(15)2/h5-6,10,12H,3-4,7-9,11H2,1-2H3,(H2,23,24,25). The molecule has 1 aliphatic heterocycles. The molecular formula is C19H24F3N5S. The minimum absolute atomic E-state index is 0.409. The Bertz CT molecular complexity index is 831. The second-order valence-corrected chi connectivity index (χ2v) is 7.66. The topological polar surface area (TPSA) is 52.6 Å². The van der Waals surface area contributed by atoms with Crippen LogP contribution < -0.4 is 15.5 Å². The molecule has 0 bridgehead atoms. The summed E-state index contributed by atoms with van der Waals surface area (Å²) in [6, 6.07) is 6.48. The molecule has 1 aliphatic rings. The number of guanidine groups is 1. The number of hydrogen-bond acceptors (Lipinski definition) is 4. The monoisotopic (exact) mass is 411 g/mol. The first-order valence-corrected chi connectivity index (χ1v) is 10.0. The summed E-state index contributed by atoms with van der Waals surface area (Å²) in [5, 5.41) is 7.87. The number of aromatic nitrogens is 1. The lowest BCUT2D eigenvalue weighted by atomic mass is 9.99. The van der Waals surface area contributed by atoms with Gasteiger partial charge in [-0.05, 0) is 30.0 Å². The Balaban J connectivity index is 1.48. The Morgan fingerprint density at radius 2 is 2.14 bits per heavy atom. The number of benzene rings is 1. The van der Waals surface area contributed by atoms with E-state index in [9.17, 15) is 13.2 Å². The summed E-state index contributed by atoms with van der Waals surface area (Å²) in [5.41, 5.74) is 3.00. The fraction of sp³-hybridized carbons (Fsp3) is 0.474. The highest BCUT2D eigenvalue weighted by Crippen LogP contribution is 2.30. The Kier molecular flexibility index (Phi) is 6.43. The van der Waals surface area contributed by atoms with E-state index in [4.69, 9.17) is 0 Å². The van der Waals surface area contributed by atoms with E-state index in [1.165, 1.54) is 16.8 Å². The third kappa shape index (κ3) is 5.15. The number of rotatable bonds is 5. The maximum absolute atomic E-state index is 12.6. The summed E-state index contributed by atoms with van der Waals surface area (Å²) in [4.78, 5) is 10.1. The Hall–Kier alpha value is -2.29. The highest BCUT2D eigenvalue weighted by Gasteiger charge is 2.33. The van der Waals surface area contributed by atoms with Crippen molar-refractivity contribution in [3.63, 3.8) is 0 Å². The molecule has 28 heavy (non-hydrogen) atoms. The number of anilines is 1. The Labute approximate surface area is 166 Å². The Morgan fingerprint density at radius 1 is 1.32 bits per heavy atom. The maximum Gasteiger partial charge on any atom is 0.434 e. The van der Waals surface area contributed by atoms with Gasteiger partial charge in [-0.15, -0.1) is 11.3 Å². The largest absolute Gasteiger partial charge is 0.434 e. The second-order valence-electron chi connectivity index (χ2n) is 6.71. The number of thiazole rings is 1. The predicted octanol–water partition coefficient (Wildman–Crippen LogP) is 3.45. The molecule has 3 rings (SSSR count). The molecule has 0 atom stereocenters. The molecule has 0 unspecified atom stereocenters. The van der Waals surface area contributed by atoms with Crippen LogP contribution in [0.4, 0.5) is 18.9 Å². The number of hydrogen-bond donors (Lipinski definition) is 2. The van der Waals surface area contributed by atoms with Crippen LogP contribution in [-0.2, 0) is 25.6 Å². The third-order valence-corrected chi connectivity index (χ3v) is 5.56. The van der Waals surface area contributed by atoms with Gasteiger partial charge in [0.05, 0.1) is 5.01 Å². The lowest BCUT2D eigenvalue weighted by Gasteiger charge is -2.28. The number of nitrogens with one attached hydrogen (secondary N) is 2. The van der Waals surface area contributed by atoms with Crippen molar-refractivity contribution < 1.29 is 13.2 Å². The number of nitrogens with zero attached hydrogens (tertiary/aromatic N) is 3. The summed E-state index contributed by atoms with van der Waals surface area (Å²) in [6.45, 7) is 2.18. The van der Waals surface area contributed by atoms with Crippen LogP contribution in [0.2, 0.25) is 0 Å². The van der Waals surface area contributed by atoms with Gasteiger partial charge in [0.1, 0.15) is 0 Å². The van der Waals surface area contributed by atoms with Crippen LogP contribution in [0.5, 0.6) is 0 Å². The highest BCUT2D eigenvalue weighted by molar-refractivity contribution is 7.09. The van der Waals surface area contributed by atoms with Crippen molar-refractivity contribution in [3.05, 3.63) is 45.4 Å². The number of halogens is 3. The lowest BCUT2D eigenvalue weighted by Crippen LogP contribution is -2.37. The van der Waals surface area contributed by atoms with Crippen molar-refractivity contribution in [2.45, 2.75) is 32.0 Å². The van der Waals surface area contributed by atoms with Gasteiger partial charge >= 0.3 is 6.18 Å². The molecule has 0 fully saturated rings. The summed E-state index contributed by atoms with van der Waals surface area (Å²) in [6.07, 6.45) is -1.72. The SMILES string of the molecule is CN=C(NCCc1nc(C(F)(F)F)cs1)NCc1ccc2c(c1)CCCN2C. The van der Waals surface area contributed by atoms with Crippen molar-refractivity contribution in [1.29, 1.82) is 0 Å². The minimum atomic E-state index is -4.39. The van der Waals surface area contributed by atoms with Gasteiger partial charge in [0.15, 0.2) is 11.7 Å². The third-order valence-electron chi connectivity index (χ3n) is 4.65. The van der Waals surface area contributed by atoms with Crippen molar-refractivity contribution >= 4 is 23.0 Å². The maximum atomic E-state index is 12.6. The van der Waals surface area contributed by atoms with Crippen LogP contribution in [-0.4, -0.2) is 38.1 Å². The normalized spacial score (nSPS) is 14.8. The molecule has 0 aliphatic carbocycles. The van der Waals surface area contributed by atoms with Crippen molar-refractivity contribution in [2.75, 3.05) is 32.1 Å². The van der Waals surface area contributed by atoms with E-state index in [0.717, 1.165) is 36.1 Å². The highest BCUT2D eigenvalue weighted by atomic mass is 32.1. The van der Waals surface area contributed by atoms with Crippen LogP contribution in [0.3, 0.4) is 0 Å². The van der Waals surface area contributed by atoms with Gasteiger partial charge in [-0.2, -0.15) is 13.2 Å². The molecule has 2 heterocycles. The average Bonchev–Trinajstić information content (AvgIpc) is 3.14. The fourth-order valence-corrected chi connectivity index (χ4v) is 4.00. The molecule has 0 saturated heterocycles. The van der Waals surface area contributed by atoms with E-state index >= 15 is 0 Å². The van der Waals surface area contributed by atoms with E-state index in [1.54, 1.807) is 7.05 Å². The summed E-state index contributed by atoms with van der Waals surface area (Å²) in [5.74, 6) is 0.613. The molecule has 9 heteroatoms. The van der Waals surface area contributed by atoms with E-state index in [0.29, 0.717) is 30.5 Å². The van der Waals surface area contributed by atoms with Crippen LogP contribution in [0.25, 0.3) is 0 Å². The summed E-state index contributed by atoms with van der Waals surface area (Å²) in [7, 11) is 3.78. The van der Waals surface area contributed by atoms with Gasteiger partial charge in [0, 0.05) is 51.2 Å². The molecule has 1 aromatic heterocycles. The van der Waals surface area contributed by atoms with E-state index in [-0.39, 0.29) is 0 Å². The molecule has 152 valence electrons. The van der Waals surface area contributed by atoms with E-state index in [1.807, 2.05) is 0 Å². The molecule has 0 amide bonds. The smallest absolute Gasteiger partial charge is 0.374 e. The zero-order chi connectivity index (χ0) is 20.1. The average molecular weight is 411 g/mol. The number of alkyl halides is 3. The molecule has 0 spiro atoms. The molecule has 5 nitrogen and oxygen atoms in total. The van der Waals surface area contributed by atoms with Gasteiger partial charge in [0.2, 0.25) is 0 Å². The zero-order valence-corrected chi connectivity index (χ0v) is 16.8. The van der Waals surface area contributed by atoms with Crippen LogP contribution in [0.15, 0.2) is 28.6 Å². The van der Waals surface area contributed by atoms with E-state index < -0.39 is 11.9 Å². The van der Waals surface area contributed by atoms with Crippen LogP contribution in [0.1, 0.15) is 28.2 Å². The van der Waals surface area contributed by atoms with Crippen molar-refractivity contribution in [3.8, 4) is 0 Å². The molecule has 1 aromatic carbocycles. The molecule has 0 radical (unpaired) electrons. The number of aryl methyl sites for hydroxylation is 1. The quantitative estimate of drug-likeness (QED) is 0.585. The Morgan fingerprint density at radius 3 is 2.86 bits per heavy atom. The summed E-state index contributed by atoms with van der Waals surface area (Å²) < 4.78 is 37.8. The predicted molar refractivity (Wildman–Crippen MR) is 107 cm³/mol. The first-order chi connectivity index (χ1) is 13.4. The van der Waals surface area contributed by atoms with Gasteiger partial charge in [0.25, 0.3) is 0 Å². The molecule has 2 aromatic rings. The first kappa shape index (κ1) is 20.4. The van der Waals surface area contributed by atoms with Crippen LogP contribution in [0, 0.1) is 0 Å². The molecule has 0 saturated carbocycles. The zero-order valence-electron chi connectivity index (χ0n) is 15.9. The second kappa shape index (κ2) is 8.81. The summed E-state index contributed by atoms with van der Waals surface area (Å²) >= 11 is 1.02. The van der Waals surface area contributed by atoms with Crippen molar-refractivity contribution in [2.24, 2.45) is 4.99 Å². The van der Waals surface area contributed by atoms with Crippen LogP contribution >= 0.6 is 11.3 Å². The minimum Gasteiger partial charge on any atom is -0.374 e. The number of aliphatic imine (C=N–C) groups is 1. The van der Waals surface area contributed by atoms with Gasteiger partial charge < -0.3 is 15.5 Å². The van der Waals surface area contributed by atoms with Gasteiger partial charge in [-0.1, -0.05) is 12.1 Å². The fourth-order valence-electron chi connectivity index (χ4n) is 3.20. The first-order valence-electron chi connectivity index (χ1n) is 9.16. The van der Waals surface area contributed by atoms with Gasteiger partial charge in [-0.3, -0.25) is 4.99 Å². The number of fused-ring (bicyclic) bond motifs is 1.